The third-order valence-corrected chi connectivity index (χ3v) is 4.18. The van der Waals surface area contributed by atoms with Gasteiger partial charge in [-0.3, -0.25) is 4.79 Å². The van der Waals surface area contributed by atoms with E-state index in [1.165, 1.54) is 18.2 Å². The molecule has 0 fully saturated rings. The zero-order chi connectivity index (χ0) is 14.8. The molecule has 0 aliphatic carbocycles. The van der Waals surface area contributed by atoms with Gasteiger partial charge in [0.1, 0.15) is 0 Å². The molecule has 3 N–H and O–H groups in total. The molecule has 106 valence electrons. The predicted molar refractivity (Wildman–Crippen MR) is 77.3 cm³/mol. The number of benzene rings is 1. The first kappa shape index (κ1) is 16.1. The first-order chi connectivity index (χ1) is 8.50. The Morgan fingerprint density at radius 1 is 1.37 bits per heavy atom. The molecule has 0 saturated carbocycles. The van der Waals surface area contributed by atoms with Crippen LogP contribution in [-0.2, 0) is 10.0 Å². The molecule has 0 atom stereocenters. The number of hydrogen-bond donors (Lipinski definition) is 2. The summed E-state index contributed by atoms with van der Waals surface area (Å²) in [6, 6.07) is 4.29. The lowest BCUT2D eigenvalue weighted by atomic mass is 9.97. The zero-order valence-corrected chi connectivity index (χ0v) is 13.4. The van der Waals surface area contributed by atoms with Gasteiger partial charge in [0.05, 0.1) is 4.90 Å². The van der Waals surface area contributed by atoms with Crippen molar-refractivity contribution in [2.45, 2.75) is 25.7 Å². The number of carbonyl (C=O) groups excluding carboxylic acids is 1. The molecule has 1 amide bonds. The Bertz CT molecular complexity index is 591. The Hall–Kier alpha value is -0.920. The van der Waals surface area contributed by atoms with E-state index in [0.29, 0.717) is 11.0 Å². The zero-order valence-electron chi connectivity index (χ0n) is 11.0. The number of halogens is 1. The summed E-state index contributed by atoms with van der Waals surface area (Å²) >= 11 is 3.10. The fraction of sp³-hybridized carbons (Fsp3) is 0.417. The molecule has 7 heteroatoms. The van der Waals surface area contributed by atoms with E-state index in [-0.39, 0.29) is 21.8 Å². The van der Waals surface area contributed by atoms with Crippen molar-refractivity contribution in [2.75, 3.05) is 6.54 Å². The molecule has 0 unspecified atom stereocenters. The largest absolute Gasteiger partial charge is 0.352 e. The molecule has 19 heavy (non-hydrogen) atoms. The first-order valence-electron chi connectivity index (χ1n) is 5.61. The quantitative estimate of drug-likeness (QED) is 0.873. The van der Waals surface area contributed by atoms with Crippen LogP contribution in [0.15, 0.2) is 27.6 Å². The summed E-state index contributed by atoms with van der Waals surface area (Å²) in [5.74, 6) is -0.327. The standard InChI is InChI=1S/C12H17BrN2O3S/c1-12(2,3)7-15-11(16)8-4-5-9(13)10(6-8)19(14,17)18/h4-6H,7H2,1-3H3,(H,15,16)(H2,14,17,18). The van der Waals surface area contributed by atoms with Gasteiger partial charge in [0.25, 0.3) is 5.91 Å². The van der Waals surface area contributed by atoms with Gasteiger partial charge in [-0.2, -0.15) is 0 Å². The van der Waals surface area contributed by atoms with Crippen LogP contribution in [0, 0.1) is 5.41 Å². The minimum absolute atomic E-state index is 0.0478. The van der Waals surface area contributed by atoms with Crippen LogP contribution in [0.5, 0.6) is 0 Å². The summed E-state index contributed by atoms with van der Waals surface area (Å²) in [4.78, 5) is 11.8. The normalized spacial score (nSPS) is 12.3. The van der Waals surface area contributed by atoms with Crippen molar-refractivity contribution in [1.82, 2.24) is 5.32 Å². The lowest BCUT2D eigenvalue weighted by Crippen LogP contribution is -2.32. The topological polar surface area (TPSA) is 89.3 Å². The molecule has 0 radical (unpaired) electrons. The lowest BCUT2D eigenvalue weighted by molar-refractivity contribution is 0.0939. The van der Waals surface area contributed by atoms with E-state index in [9.17, 15) is 13.2 Å². The van der Waals surface area contributed by atoms with Crippen LogP contribution in [0.4, 0.5) is 0 Å². The van der Waals surface area contributed by atoms with E-state index in [0.717, 1.165) is 0 Å². The Kier molecular flexibility index (Phi) is 4.76. The van der Waals surface area contributed by atoms with Crippen LogP contribution < -0.4 is 10.5 Å². The molecule has 5 nitrogen and oxygen atoms in total. The minimum Gasteiger partial charge on any atom is -0.352 e. The Labute approximate surface area is 121 Å². The van der Waals surface area contributed by atoms with Gasteiger partial charge in [-0.1, -0.05) is 20.8 Å². The first-order valence-corrected chi connectivity index (χ1v) is 7.95. The highest BCUT2D eigenvalue weighted by atomic mass is 79.9. The summed E-state index contributed by atoms with van der Waals surface area (Å²) in [6.07, 6.45) is 0. The number of primary sulfonamides is 1. The van der Waals surface area contributed by atoms with Gasteiger partial charge >= 0.3 is 0 Å². The van der Waals surface area contributed by atoms with Gasteiger partial charge in [0, 0.05) is 16.6 Å². The van der Waals surface area contributed by atoms with Gasteiger partial charge in [-0.15, -0.1) is 0 Å². The molecule has 1 aromatic carbocycles. The Morgan fingerprint density at radius 2 is 1.95 bits per heavy atom. The molecule has 0 aromatic heterocycles. The Morgan fingerprint density at radius 3 is 2.42 bits per heavy atom. The molecule has 0 spiro atoms. The van der Waals surface area contributed by atoms with Crippen molar-refractivity contribution in [3.8, 4) is 0 Å². The highest BCUT2D eigenvalue weighted by Gasteiger charge is 2.17. The molecule has 0 aliphatic heterocycles. The highest BCUT2D eigenvalue weighted by molar-refractivity contribution is 9.10. The van der Waals surface area contributed by atoms with Gasteiger partial charge in [-0.25, -0.2) is 13.6 Å². The average Bonchev–Trinajstić information content (AvgIpc) is 2.24. The number of rotatable bonds is 3. The number of carbonyl (C=O) groups is 1. The maximum atomic E-state index is 11.9. The maximum Gasteiger partial charge on any atom is 0.251 e. The fourth-order valence-corrected chi connectivity index (χ4v) is 2.86. The molecule has 0 saturated heterocycles. The molecule has 1 aromatic rings. The van der Waals surface area contributed by atoms with Crippen molar-refractivity contribution in [1.29, 1.82) is 0 Å². The number of nitrogens with two attached hydrogens (primary N) is 1. The van der Waals surface area contributed by atoms with E-state index < -0.39 is 10.0 Å². The SMILES string of the molecule is CC(C)(C)CNC(=O)c1ccc(Br)c(S(N)(=O)=O)c1. The summed E-state index contributed by atoms with van der Waals surface area (Å²) < 4.78 is 23.1. The van der Waals surface area contributed by atoms with Crippen molar-refractivity contribution in [3.63, 3.8) is 0 Å². The van der Waals surface area contributed by atoms with Crippen LogP contribution in [-0.4, -0.2) is 20.9 Å². The van der Waals surface area contributed by atoms with Gasteiger partial charge in [0.15, 0.2) is 0 Å². The molecule has 0 bridgehead atoms. The third-order valence-electron chi connectivity index (χ3n) is 2.28. The van der Waals surface area contributed by atoms with Gasteiger partial charge in [0.2, 0.25) is 10.0 Å². The number of sulfonamides is 1. The smallest absolute Gasteiger partial charge is 0.251 e. The van der Waals surface area contributed by atoms with E-state index in [4.69, 9.17) is 5.14 Å². The molecule has 0 heterocycles. The van der Waals surface area contributed by atoms with E-state index >= 15 is 0 Å². The van der Waals surface area contributed by atoms with E-state index in [2.05, 4.69) is 21.2 Å². The second kappa shape index (κ2) is 5.60. The van der Waals surface area contributed by atoms with Gasteiger partial charge < -0.3 is 5.32 Å². The third kappa shape index (κ3) is 4.93. The lowest BCUT2D eigenvalue weighted by Gasteiger charge is -2.18. The maximum absolute atomic E-state index is 11.9. The summed E-state index contributed by atoms with van der Waals surface area (Å²) in [6.45, 7) is 6.46. The number of amides is 1. The predicted octanol–water partition coefficient (Wildman–Crippen LogP) is 1.87. The van der Waals surface area contributed by atoms with Crippen LogP contribution >= 0.6 is 15.9 Å². The van der Waals surface area contributed by atoms with E-state index in [1.54, 1.807) is 0 Å². The van der Waals surface area contributed by atoms with Crippen molar-refractivity contribution < 1.29 is 13.2 Å². The van der Waals surface area contributed by atoms with Crippen molar-refractivity contribution in [3.05, 3.63) is 28.2 Å². The fourth-order valence-electron chi connectivity index (χ4n) is 1.31. The van der Waals surface area contributed by atoms with Crippen LogP contribution in [0.1, 0.15) is 31.1 Å². The van der Waals surface area contributed by atoms with Crippen molar-refractivity contribution in [2.24, 2.45) is 10.6 Å². The average molecular weight is 349 g/mol. The number of hydrogen-bond acceptors (Lipinski definition) is 3. The second-order valence-corrected chi connectivity index (χ2v) is 7.82. The summed E-state index contributed by atoms with van der Waals surface area (Å²) in [5.41, 5.74) is 0.213. The molecular weight excluding hydrogens is 332 g/mol. The second-order valence-electron chi connectivity index (χ2n) is 5.43. The molecule has 1 rings (SSSR count). The number of nitrogens with one attached hydrogen (secondary N) is 1. The summed E-state index contributed by atoms with van der Waals surface area (Å²) in [5, 5.41) is 7.83. The Balaban J connectivity index is 3.00. The molecule has 0 aliphatic rings. The highest BCUT2D eigenvalue weighted by Crippen LogP contribution is 2.22. The monoisotopic (exact) mass is 348 g/mol. The van der Waals surface area contributed by atoms with Crippen LogP contribution in [0.25, 0.3) is 0 Å². The van der Waals surface area contributed by atoms with Crippen LogP contribution in [0.2, 0.25) is 0 Å². The molecular formula is C12H17BrN2O3S. The minimum atomic E-state index is -3.86. The van der Waals surface area contributed by atoms with Crippen molar-refractivity contribution >= 4 is 31.9 Å². The van der Waals surface area contributed by atoms with Crippen LogP contribution in [0.3, 0.4) is 0 Å². The van der Waals surface area contributed by atoms with Gasteiger partial charge in [-0.05, 0) is 39.5 Å². The van der Waals surface area contributed by atoms with E-state index in [1.807, 2.05) is 20.8 Å². The summed E-state index contributed by atoms with van der Waals surface area (Å²) in [7, 11) is -3.86.